The molecule has 0 unspecified atom stereocenters. The van der Waals surface area contributed by atoms with Crippen LogP contribution in [0.4, 0.5) is 0 Å². The lowest BCUT2D eigenvalue weighted by atomic mass is 9.89. The van der Waals surface area contributed by atoms with Crippen molar-refractivity contribution in [3.05, 3.63) is 33.2 Å². The lowest BCUT2D eigenvalue weighted by Gasteiger charge is -2.24. The summed E-state index contributed by atoms with van der Waals surface area (Å²) < 4.78 is 1.65. The van der Waals surface area contributed by atoms with Crippen molar-refractivity contribution in [1.82, 2.24) is 4.57 Å². The molecule has 0 saturated heterocycles. The van der Waals surface area contributed by atoms with Gasteiger partial charge in [-0.2, -0.15) is 0 Å². The summed E-state index contributed by atoms with van der Waals surface area (Å²) in [6.07, 6.45) is 6.00. The maximum absolute atomic E-state index is 12.1. The molecule has 0 bridgehead atoms. The lowest BCUT2D eigenvalue weighted by molar-refractivity contribution is 0.0693. The van der Waals surface area contributed by atoms with Crippen LogP contribution in [0.1, 0.15) is 53.7 Å². The number of carbonyl (C=O) groups is 1. The summed E-state index contributed by atoms with van der Waals surface area (Å²) in [4.78, 5) is 23.4. The third-order valence-corrected chi connectivity index (χ3v) is 4.15. The summed E-state index contributed by atoms with van der Waals surface area (Å²) in [7, 11) is 0. The van der Waals surface area contributed by atoms with Gasteiger partial charge in [-0.05, 0) is 38.2 Å². The number of pyridine rings is 1. The van der Waals surface area contributed by atoms with E-state index in [4.69, 9.17) is 0 Å². The second-order valence-electron chi connectivity index (χ2n) is 5.55. The Kier molecular flexibility index (Phi) is 4.08. The number of carboxylic acid groups (broad SMARTS) is 1. The topological polar surface area (TPSA) is 59.3 Å². The van der Waals surface area contributed by atoms with E-state index >= 15 is 0 Å². The highest BCUT2D eigenvalue weighted by atomic mass is 16.4. The molecule has 0 atom stereocenters. The molecule has 1 fully saturated rings. The number of aromatic nitrogens is 1. The van der Waals surface area contributed by atoms with E-state index in [1.807, 2.05) is 0 Å². The number of carboxylic acids is 1. The van der Waals surface area contributed by atoms with Crippen LogP contribution >= 0.6 is 0 Å². The number of aromatic carboxylic acids is 1. The molecule has 4 nitrogen and oxygen atoms in total. The average molecular weight is 263 g/mol. The van der Waals surface area contributed by atoms with Crippen molar-refractivity contribution >= 4 is 5.97 Å². The second-order valence-corrected chi connectivity index (χ2v) is 5.55. The van der Waals surface area contributed by atoms with E-state index in [1.165, 1.54) is 25.3 Å². The molecule has 0 aliphatic heterocycles. The number of rotatable bonds is 3. The van der Waals surface area contributed by atoms with Crippen LogP contribution in [0.2, 0.25) is 0 Å². The minimum absolute atomic E-state index is 0.0782. The van der Waals surface area contributed by atoms with E-state index in [0.717, 1.165) is 12.8 Å². The summed E-state index contributed by atoms with van der Waals surface area (Å²) in [5, 5.41) is 9.25. The first kappa shape index (κ1) is 13.8. The number of hydrogen-bond donors (Lipinski definition) is 1. The van der Waals surface area contributed by atoms with Gasteiger partial charge in [0, 0.05) is 18.3 Å². The Morgan fingerprint density at radius 2 is 1.95 bits per heavy atom. The van der Waals surface area contributed by atoms with Gasteiger partial charge in [-0.25, -0.2) is 4.79 Å². The molecule has 1 N–H and O–H groups in total. The molecule has 1 aliphatic carbocycles. The lowest BCUT2D eigenvalue weighted by Crippen LogP contribution is -2.29. The molecule has 1 aliphatic rings. The molecule has 1 aromatic heterocycles. The van der Waals surface area contributed by atoms with Crippen molar-refractivity contribution < 1.29 is 9.90 Å². The monoisotopic (exact) mass is 263 g/mol. The standard InChI is InChI=1S/C15H21NO3/c1-10-8-13(17)16(11(2)14(10)15(18)19)9-12-6-4-3-5-7-12/h8,12H,3-7,9H2,1-2H3,(H,18,19). The van der Waals surface area contributed by atoms with Crippen molar-refractivity contribution in [3.8, 4) is 0 Å². The van der Waals surface area contributed by atoms with Gasteiger partial charge in [0.1, 0.15) is 0 Å². The Morgan fingerprint density at radius 1 is 1.32 bits per heavy atom. The molecular weight excluding hydrogens is 242 g/mol. The van der Waals surface area contributed by atoms with Gasteiger partial charge in [0.05, 0.1) is 5.56 Å². The molecular formula is C15H21NO3. The average Bonchev–Trinajstić information content (AvgIpc) is 2.35. The van der Waals surface area contributed by atoms with Gasteiger partial charge in [0.15, 0.2) is 0 Å². The van der Waals surface area contributed by atoms with Gasteiger partial charge in [-0.15, -0.1) is 0 Å². The molecule has 1 aromatic rings. The van der Waals surface area contributed by atoms with Crippen molar-refractivity contribution in [2.75, 3.05) is 0 Å². The minimum atomic E-state index is -0.951. The molecule has 1 saturated carbocycles. The van der Waals surface area contributed by atoms with E-state index in [1.54, 1.807) is 18.4 Å². The van der Waals surface area contributed by atoms with Crippen LogP contribution in [-0.4, -0.2) is 15.6 Å². The molecule has 19 heavy (non-hydrogen) atoms. The fraction of sp³-hybridized carbons (Fsp3) is 0.600. The van der Waals surface area contributed by atoms with Gasteiger partial charge in [0.2, 0.25) is 0 Å². The first-order chi connectivity index (χ1) is 9.00. The van der Waals surface area contributed by atoms with Crippen molar-refractivity contribution in [3.63, 3.8) is 0 Å². The zero-order chi connectivity index (χ0) is 14.0. The fourth-order valence-corrected chi connectivity index (χ4v) is 3.10. The van der Waals surface area contributed by atoms with E-state index < -0.39 is 5.97 Å². The predicted molar refractivity (Wildman–Crippen MR) is 73.7 cm³/mol. The second kappa shape index (κ2) is 5.59. The van der Waals surface area contributed by atoms with E-state index in [9.17, 15) is 14.7 Å². The zero-order valence-electron chi connectivity index (χ0n) is 11.6. The van der Waals surface area contributed by atoms with Crippen LogP contribution in [0.3, 0.4) is 0 Å². The summed E-state index contributed by atoms with van der Waals surface area (Å²) in [6.45, 7) is 4.08. The van der Waals surface area contributed by atoms with E-state index in [0.29, 0.717) is 23.7 Å². The predicted octanol–water partition coefficient (Wildman–Crippen LogP) is 2.74. The Morgan fingerprint density at radius 3 is 2.53 bits per heavy atom. The van der Waals surface area contributed by atoms with Gasteiger partial charge >= 0.3 is 5.97 Å². The molecule has 0 amide bonds. The van der Waals surface area contributed by atoms with Crippen molar-refractivity contribution in [1.29, 1.82) is 0 Å². The maximum atomic E-state index is 12.1. The smallest absolute Gasteiger partial charge is 0.337 e. The van der Waals surface area contributed by atoms with Crippen LogP contribution in [-0.2, 0) is 6.54 Å². The molecule has 2 rings (SSSR count). The molecule has 104 valence electrons. The third-order valence-electron chi connectivity index (χ3n) is 4.15. The number of nitrogens with zero attached hydrogens (tertiary/aromatic N) is 1. The van der Waals surface area contributed by atoms with Gasteiger partial charge < -0.3 is 9.67 Å². The molecule has 1 heterocycles. The molecule has 0 radical (unpaired) electrons. The summed E-state index contributed by atoms with van der Waals surface area (Å²) in [6, 6.07) is 1.44. The van der Waals surface area contributed by atoms with Crippen LogP contribution in [0.25, 0.3) is 0 Å². The van der Waals surface area contributed by atoms with Gasteiger partial charge in [-0.3, -0.25) is 4.79 Å². The Hall–Kier alpha value is -1.58. The van der Waals surface area contributed by atoms with Crippen molar-refractivity contribution in [2.45, 2.75) is 52.5 Å². The van der Waals surface area contributed by atoms with Crippen molar-refractivity contribution in [2.24, 2.45) is 5.92 Å². The van der Waals surface area contributed by atoms with Crippen LogP contribution < -0.4 is 5.56 Å². The summed E-state index contributed by atoms with van der Waals surface area (Å²) in [5.74, 6) is -0.443. The molecule has 4 heteroatoms. The number of hydrogen-bond acceptors (Lipinski definition) is 2. The summed E-state index contributed by atoms with van der Waals surface area (Å²) in [5.41, 5.74) is 1.33. The zero-order valence-corrected chi connectivity index (χ0v) is 11.6. The highest BCUT2D eigenvalue weighted by Crippen LogP contribution is 2.25. The Bertz CT molecular complexity index is 539. The SMILES string of the molecule is Cc1cc(=O)n(CC2CCCCC2)c(C)c1C(=O)O. The van der Waals surface area contributed by atoms with Crippen LogP contribution in [0.15, 0.2) is 10.9 Å². The first-order valence-electron chi connectivity index (χ1n) is 6.95. The largest absolute Gasteiger partial charge is 0.478 e. The number of aryl methyl sites for hydroxylation is 1. The highest BCUT2D eigenvalue weighted by Gasteiger charge is 2.19. The third kappa shape index (κ3) is 2.88. The minimum Gasteiger partial charge on any atom is -0.478 e. The van der Waals surface area contributed by atoms with E-state index in [-0.39, 0.29) is 11.1 Å². The Labute approximate surface area is 113 Å². The van der Waals surface area contributed by atoms with Gasteiger partial charge in [0.25, 0.3) is 5.56 Å². The fourth-order valence-electron chi connectivity index (χ4n) is 3.10. The van der Waals surface area contributed by atoms with E-state index in [2.05, 4.69) is 0 Å². The maximum Gasteiger partial charge on any atom is 0.337 e. The first-order valence-corrected chi connectivity index (χ1v) is 6.95. The van der Waals surface area contributed by atoms with Crippen LogP contribution in [0.5, 0.6) is 0 Å². The Balaban J connectivity index is 2.36. The molecule has 0 aromatic carbocycles. The van der Waals surface area contributed by atoms with Crippen LogP contribution in [0, 0.1) is 19.8 Å². The normalized spacial score (nSPS) is 16.5. The molecule has 0 spiro atoms. The summed E-state index contributed by atoms with van der Waals surface area (Å²) >= 11 is 0. The highest BCUT2D eigenvalue weighted by molar-refractivity contribution is 5.90. The van der Waals surface area contributed by atoms with Gasteiger partial charge in [-0.1, -0.05) is 19.3 Å². The quantitative estimate of drug-likeness (QED) is 0.912.